The van der Waals surface area contributed by atoms with E-state index in [0.29, 0.717) is 0 Å². The number of benzene rings is 7. The SMILES string of the molecule is c1ccc(-c2cccc3c2Cc2c(-c4ccc(-c5cc6c7c(c5)Oc5cccc8c5B7c5c(cccc5O6)C8)cc4)cccc2-3)cc1. The highest BCUT2D eigenvalue weighted by atomic mass is 16.5. The van der Waals surface area contributed by atoms with Gasteiger partial charge in [0.2, 0.25) is 0 Å². The van der Waals surface area contributed by atoms with Gasteiger partial charge in [0.15, 0.2) is 0 Å². The van der Waals surface area contributed by atoms with Crippen LogP contribution in [0.2, 0.25) is 0 Å². The van der Waals surface area contributed by atoms with Crippen molar-refractivity contribution in [3.63, 3.8) is 0 Å². The molecule has 1 aliphatic carbocycles. The molecule has 0 fully saturated rings. The normalized spacial score (nSPS) is 13.7. The molecule has 0 saturated heterocycles. The van der Waals surface area contributed by atoms with Crippen LogP contribution in [0.1, 0.15) is 22.3 Å². The lowest BCUT2D eigenvalue weighted by atomic mass is 9.31. The third-order valence-electron chi connectivity index (χ3n) is 10.7. The van der Waals surface area contributed by atoms with Gasteiger partial charge in [-0.25, -0.2) is 0 Å². The molecule has 0 radical (unpaired) electrons. The predicted octanol–water partition coefficient (Wildman–Crippen LogP) is 8.89. The molecule has 3 heteroatoms. The molecule has 0 spiro atoms. The topological polar surface area (TPSA) is 18.5 Å². The van der Waals surface area contributed by atoms with E-state index in [1.807, 2.05) is 0 Å². The Balaban J connectivity index is 0.982. The summed E-state index contributed by atoms with van der Waals surface area (Å²) in [5.74, 6) is 3.73. The Bertz CT molecular complexity index is 2380. The number of fused-ring (bicyclic) bond motifs is 3. The van der Waals surface area contributed by atoms with Crippen LogP contribution >= 0.6 is 0 Å². The highest BCUT2D eigenvalue weighted by Crippen LogP contribution is 2.46. The van der Waals surface area contributed by atoms with Crippen LogP contribution in [0.5, 0.6) is 23.0 Å². The van der Waals surface area contributed by atoms with Gasteiger partial charge in [0.25, 0.3) is 6.71 Å². The van der Waals surface area contributed by atoms with Gasteiger partial charge in [0, 0.05) is 5.46 Å². The van der Waals surface area contributed by atoms with Crippen LogP contribution in [-0.4, -0.2) is 6.71 Å². The minimum atomic E-state index is 0.150. The second kappa shape index (κ2) is 9.37. The van der Waals surface area contributed by atoms with Crippen LogP contribution in [0.15, 0.2) is 140 Å². The molecule has 0 saturated carbocycles. The quantitative estimate of drug-likeness (QED) is 0.189. The van der Waals surface area contributed by atoms with Crippen molar-refractivity contribution >= 4 is 23.1 Å². The molecule has 3 aliphatic heterocycles. The molecule has 0 aromatic heterocycles. The molecule has 0 atom stereocenters. The summed E-state index contributed by atoms with van der Waals surface area (Å²) in [6.45, 7) is 0.150. The Morgan fingerprint density at radius 1 is 0.362 bits per heavy atom. The molecule has 7 aromatic rings. The lowest BCUT2D eigenvalue weighted by Gasteiger charge is -2.38. The molecule has 0 amide bonds. The second-order valence-corrected chi connectivity index (χ2v) is 13.1. The average molecular weight is 599 g/mol. The van der Waals surface area contributed by atoms with E-state index in [9.17, 15) is 0 Å². The van der Waals surface area contributed by atoms with Crippen molar-refractivity contribution in [2.24, 2.45) is 0 Å². The van der Waals surface area contributed by atoms with Crippen molar-refractivity contribution in [3.8, 4) is 67.5 Å². The molecule has 2 nitrogen and oxygen atoms in total. The molecule has 0 bridgehead atoms. The third-order valence-corrected chi connectivity index (χ3v) is 10.7. The third kappa shape index (κ3) is 3.57. The first-order valence-electron chi connectivity index (χ1n) is 16.5. The van der Waals surface area contributed by atoms with Gasteiger partial charge in [-0.05, 0) is 115 Å². The van der Waals surface area contributed by atoms with E-state index in [-0.39, 0.29) is 6.71 Å². The molecular formula is C44H27BO2. The first kappa shape index (κ1) is 25.4. The summed E-state index contributed by atoms with van der Waals surface area (Å²) >= 11 is 0. The minimum Gasteiger partial charge on any atom is -0.458 e. The molecule has 11 rings (SSSR count). The van der Waals surface area contributed by atoms with Crippen LogP contribution in [-0.2, 0) is 12.8 Å². The molecule has 3 heterocycles. The predicted molar refractivity (Wildman–Crippen MR) is 191 cm³/mol. The lowest BCUT2D eigenvalue weighted by molar-refractivity contribution is 0.463. The fraction of sp³-hybridized carbons (Fsp3) is 0.0455. The lowest BCUT2D eigenvalue weighted by Crippen LogP contribution is -2.61. The van der Waals surface area contributed by atoms with Crippen molar-refractivity contribution in [2.45, 2.75) is 12.8 Å². The van der Waals surface area contributed by atoms with Crippen LogP contribution < -0.4 is 25.9 Å². The Kier molecular flexibility index (Phi) is 5.07. The maximum Gasteiger partial charge on any atom is 0.261 e. The highest BCUT2D eigenvalue weighted by molar-refractivity contribution is 6.99. The van der Waals surface area contributed by atoms with E-state index in [4.69, 9.17) is 9.47 Å². The Morgan fingerprint density at radius 2 is 0.872 bits per heavy atom. The van der Waals surface area contributed by atoms with Gasteiger partial charge in [-0.15, -0.1) is 0 Å². The first-order valence-corrected chi connectivity index (χ1v) is 16.5. The molecule has 218 valence electrons. The van der Waals surface area contributed by atoms with Crippen LogP contribution in [0.4, 0.5) is 0 Å². The zero-order valence-electron chi connectivity index (χ0n) is 25.6. The van der Waals surface area contributed by atoms with Gasteiger partial charge in [0.1, 0.15) is 23.0 Å². The van der Waals surface area contributed by atoms with E-state index < -0.39 is 0 Å². The van der Waals surface area contributed by atoms with Crippen molar-refractivity contribution in [2.75, 3.05) is 0 Å². The number of ether oxygens (including phenoxy) is 2. The largest absolute Gasteiger partial charge is 0.458 e. The van der Waals surface area contributed by atoms with Crippen LogP contribution in [0.25, 0.3) is 44.5 Å². The van der Waals surface area contributed by atoms with Gasteiger partial charge >= 0.3 is 0 Å². The molecular weight excluding hydrogens is 571 g/mol. The fourth-order valence-corrected chi connectivity index (χ4v) is 8.65. The van der Waals surface area contributed by atoms with Gasteiger partial charge in [0.05, 0.1) is 0 Å². The zero-order valence-corrected chi connectivity index (χ0v) is 25.6. The summed E-state index contributed by atoms with van der Waals surface area (Å²) in [7, 11) is 0. The van der Waals surface area contributed by atoms with E-state index in [0.717, 1.165) is 52.4 Å². The maximum absolute atomic E-state index is 6.65. The Labute approximate surface area is 274 Å². The van der Waals surface area contributed by atoms with E-state index in [1.165, 1.54) is 66.6 Å². The Morgan fingerprint density at radius 3 is 1.47 bits per heavy atom. The molecule has 0 N–H and O–H groups in total. The smallest absolute Gasteiger partial charge is 0.261 e. The number of hydrogen-bond acceptors (Lipinski definition) is 2. The van der Waals surface area contributed by atoms with E-state index >= 15 is 0 Å². The standard InChI is InChI=1S/C44H27BO2/c1-2-8-27(9-3-1)32-12-6-14-34-35-15-7-13-33(37(35)25-36(32)34)28-20-18-26(19-21-28)31-23-40-44-41(24-31)47-39-17-5-11-30-22-29-10-4-16-38(46-40)42(29)45(44)43(30)39/h1-21,23-24H,22,25H2. The monoisotopic (exact) mass is 598 g/mol. The van der Waals surface area contributed by atoms with Gasteiger partial charge in [-0.1, -0.05) is 115 Å². The Hall–Kier alpha value is -5.80. The second-order valence-electron chi connectivity index (χ2n) is 13.1. The zero-order chi connectivity index (χ0) is 30.6. The molecule has 0 unspecified atom stereocenters. The average Bonchev–Trinajstić information content (AvgIpc) is 3.51. The van der Waals surface area contributed by atoms with Crippen LogP contribution in [0, 0.1) is 0 Å². The summed E-state index contributed by atoms with van der Waals surface area (Å²) in [6, 6.07) is 50.6. The summed E-state index contributed by atoms with van der Waals surface area (Å²) in [6.07, 6.45) is 1.85. The van der Waals surface area contributed by atoms with Gasteiger partial charge in [-0.2, -0.15) is 0 Å². The summed E-state index contributed by atoms with van der Waals surface area (Å²) in [4.78, 5) is 0. The number of rotatable bonds is 3. The van der Waals surface area contributed by atoms with Crippen molar-refractivity contribution in [1.29, 1.82) is 0 Å². The van der Waals surface area contributed by atoms with Crippen molar-refractivity contribution < 1.29 is 9.47 Å². The van der Waals surface area contributed by atoms with E-state index in [1.54, 1.807) is 0 Å². The molecule has 4 aliphatic rings. The number of hydrogen-bond donors (Lipinski definition) is 0. The summed E-state index contributed by atoms with van der Waals surface area (Å²) in [5, 5.41) is 0. The summed E-state index contributed by atoms with van der Waals surface area (Å²) in [5.41, 5.74) is 19.3. The minimum absolute atomic E-state index is 0.150. The first-order chi connectivity index (χ1) is 23.3. The van der Waals surface area contributed by atoms with E-state index in [2.05, 4.69) is 140 Å². The van der Waals surface area contributed by atoms with Crippen molar-refractivity contribution in [3.05, 3.63) is 162 Å². The highest BCUT2D eigenvalue weighted by Gasteiger charge is 2.44. The van der Waals surface area contributed by atoms with Gasteiger partial charge in [-0.3, -0.25) is 0 Å². The molecule has 47 heavy (non-hydrogen) atoms. The summed E-state index contributed by atoms with van der Waals surface area (Å²) < 4.78 is 13.3. The van der Waals surface area contributed by atoms with Crippen LogP contribution in [0.3, 0.4) is 0 Å². The molecule has 7 aromatic carbocycles. The maximum atomic E-state index is 6.65. The van der Waals surface area contributed by atoms with Gasteiger partial charge < -0.3 is 9.47 Å². The van der Waals surface area contributed by atoms with Crippen molar-refractivity contribution in [1.82, 2.24) is 0 Å². The fourth-order valence-electron chi connectivity index (χ4n) is 8.65.